The van der Waals surface area contributed by atoms with Crippen molar-refractivity contribution >= 4 is 45.4 Å². The topological polar surface area (TPSA) is 92.2 Å². The van der Waals surface area contributed by atoms with Crippen molar-refractivity contribution in [3.63, 3.8) is 0 Å². The Morgan fingerprint density at radius 1 is 1.32 bits per heavy atom. The molecule has 28 heavy (non-hydrogen) atoms. The highest BCUT2D eigenvalue weighted by Crippen LogP contribution is 2.36. The van der Waals surface area contributed by atoms with E-state index < -0.39 is 5.97 Å². The molecule has 2 aromatic carbocycles. The molecule has 0 atom stereocenters. The maximum absolute atomic E-state index is 10.9. The SMILES string of the molecule is CCNC(=S)N/N=C\c1cc(Br)c(OCc2ccc(C(=O)O)cc2)c(OC)c1. The predicted octanol–water partition coefficient (Wildman–Crippen LogP) is 3.55. The van der Waals surface area contributed by atoms with Crippen LogP contribution in [0.15, 0.2) is 46.0 Å². The summed E-state index contributed by atoms with van der Waals surface area (Å²) in [6.07, 6.45) is 1.62. The minimum absolute atomic E-state index is 0.230. The van der Waals surface area contributed by atoms with Crippen LogP contribution in [0.4, 0.5) is 0 Å². The first-order valence-electron chi connectivity index (χ1n) is 8.34. The summed E-state index contributed by atoms with van der Waals surface area (Å²) in [6.45, 7) is 2.92. The fourth-order valence-electron chi connectivity index (χ4n) is 2.22. The van der Waals surface area contributed by atoms with Gasteiger partial charge in [-0.2, -0.15) is 5.10 Å². The van der Waals surface area contributed by atoms with Crippen LogP contribution >= 0.6 is 28.1 Å². The number of rotatable bonds is 8. The van der Waals surface area contributed by atoms with E-state index in [1.807, 2.05) is 13.0 Å². The minimum atomic E-state index is -0.963. The molecule has 0 aromatic heterocycles. The van der Waals surface area contributed by atoms with Gasteiger partial charge in [0.1, 0.15) is 6.61 Å². The van der Waals surface area contributed by atoms with Gasteiger partial charge >= 0.3 is 5.97 Å². The number of carboxylic acids is 1. The average molecular weight is 466 g/mol. The van der Waals surface area contributed by atoms with Gasteiger partial charge in [-0.1, -0.05) is 12.1 Å². The zero-order chi connectivity index (χ0) is 20.5. The summed E-state index contributed by atoms with van der Waals surface area (Å²) in [6, 6.07) is 10.1. The van der Waals surface area contributed by atoms with Crippen LogP contribution in [-0.2, 0) is 6.61 Å². The number of halogens is 1. The van der Waals surface area contributed by atoms with Crippen LogP contribution in [0.2, 0.25) is 0 Å². The number of nitrogens with one attached hydrogen (secondary N) is 2. The summed E-state index contributed by atoms with van der Waals surface area (Å²) < 4.78 is 12.0. The van der Waals surface area contributed by atoms with Gasteiger partial charge in [0, 0.05) is 6.54 Å². The zero-order valence-electron chi connectivity index (χ0n) is 15.4. The standard InChI is InChI=1S/C19H20BrN3O4S/c1-3-21-19(28)23-22-10-13-8-15(20)17(16(9-13)26-2)27-11-12-4-6-14(7-5-12)18(24)25/h4-10H,3,11H2,1-2H3,(H,24,25)(H2,21,23,28)/b22-10-. The van der Waals surface area contributed by atoms with Crippen molar-refractivity contribution in [2.45, 2.75) is 13.5 Å². The van der Waals surface area contributed by atoms with Crippen LogP contribution in [0.5, 0.6) is 11.5 Å². The number of hydrogen-bond acceptors (Lipinski definition) is 5. The Balaban J connectivity index is 2.09. The highest BCUT2D eigenvalue weighted by Gasteiger charge is 2.12. The summed E-state index contributed by atoms with van der Waals surface area (Å²) >= 11 is 8.53. The summed E-state index contributed by atoms with van der Waals surface area (Å²) in [5, 5.41) is 16.4. The van der Waals surface area contributed by atoms with Crippen LogP contribution in [0, 0.1) is 0 Å². The normalized spacial score (nSPS) is 10.5. The van der Waals surface area contributed by atoms with Gasteiger partial charge in [0.15, 0.2) is 16.6 Å². The monoisotopic (exact) mass is 465 g/mol. The van der Waals surface area contributed by atoms with Gasteiger partial charge in [-0.3, -0.25) is 5.43 Å². The molecule has 9 heteroatoms. The molecule has 0 heterocycles. The maximum atomic E-state index is 10.9. The van der Waals surface area contributed by atoms with Gasteiger partial charge in [-0.05, 0) is 70.5 Å². The summed E-state index contributed by atoms with van der Waals surface area (Å²) in [5.74, 6) is 0.111. The first-order valence-corrected chi connectivity index (χ1v) is 9.54. The first-order chi connectivity index (χ1) is 13.4. The van der Waals surface area contributed by atoms with E-state index in [4.69, 9.17) is 26.8 Å². The number of nitrogens with zero attached hydrogens (tertiary/aromatic N) is 1. The molecule has 2 rings (SSSR count). The molecule has 0 saturated heterocycles. The Labute approximate surface area is 176 Å². The van der Waals surface area contributed by atoms with Gasteiger partial charge in [0.2, 0.25) is 0 Å². The lowest BCUT2D eigenvalue weighted by atomic mass is 10.1. The van der Waals surface area contributed by atoms with E-state index in [9.17, 15) is 4.79 Å². The van der Waals surface area contributed by atoms with E-state index in [0.29, 0.717) is 27.6 Å². The Morgan fingerprint density at radius 2 is 2.04 bits per heavy atom. The fourth-order valence-corrected chi connectivity index (χ4v) is 2.99. The Kier molecular flexibility index (Phi) is 8.21. The molecular weight excluding hydrogens is 446 g/mol. The number of hydrogen-bond donors (Lipinski definition) is 3. The van der Waals surface area contributed by atoms with E-state index in [2.05, 4.69) is 31.8 Å². The van der Waals surface area contributed by atoms with Crippen LogP contribution in [-0.4, -0.2) is 36.1 Å². The number of carboxylic acid groups (broad SMARTS) is 1. The van der Waals surface area contributed by atoms with Gasteiger partial charge in [-0.15, -0.1) is 0 Å². The van der Waals surface area contributed by atoms with E-state index in [1.165, 1.54) is 12.1 Å². The molecule has 0 saturated carbocycles. The molecule has 0 radical (unpaired) electrons. The highest BCUT2D eigenvalue weighted by atomic mass is 79.9. The van der Waals surface area contributed by atoms with Gasteiger partial charge < -0.3 is 19.9 Å². The summed E-state index contributed by atoms with van der Waals surface area (Å²) in [5.41, 5.74) is 4.58. The van der Waals surface area contributed by atoms with E-state index in [0.717, 1.165) is 11.1 Å². The number of methoxy groups -OCH3 is 1. The Bertz CT molecular complexity index is 872. The van der Waals surface area contributed by atoms with E-state index >= 15 is 0 Å². The molecule has 2 aromatic rings. The van der Waals surface area contributed by atoms with Gasteiger partial charge in [-0.25, -0.2) is 4.79 Å². The summed E-state index contributed by atoms with van der Waals surface area (Å²) in [4.78, 5) is 10.9. The largest absolute Gasteiger partial charge is 0.493 e. The highest BCUT2D eigenvalue weighted by molar-refractivity contribution is 9.10. The number of benzene rings is 2. The number of carbonyl (C=O) groups is 1. The van der Waals surface area contributed by atoms with Gasteiger partial charge in [0.05, 0.1) is 23.4 Å². The molecule has 0 fully saturated rings. The maximum Gasteiger partial charge on any atom is 0.335 e. The third-order valence-corrected chi connectivity index (χ3v) is 4.38. The van der Waals surface area contributed by atoms with E-state index in [1.54, 1.807) is 31.5 Å². The lowest BCUT2D eigenvalue weighted by Gasteiger charge is -2.13. The van der Waals surface area contributed by atoms with Crippen molar-refractivity contribution in [1.29, 1.82) is 0 Å². The molecule has 0 aliphatic rings. The van der Waals surface area contributed by atoms with Crippen molar-refractivity contribution in [2.75, 3.05) is 13.7 Å². The average Bonchev–Trinajstić information content (AvgIpc) is 2.67. The number of aromatic carboxylic acids is 1. The molecule has 7 nitrogen and oxygen atoms in total. The zero-order valence-corrected chi connectivity index (χ0v) is 17.8. The van der Waals surface area contributed by atoms with Crippen molar-refractivity contribution in [3.8, 4) is 11.5 Å². The molecule has 0 spiro atoms. The first kappa shape index (κ1) is 21.6. The van der Waals surface area contributed by atoms with Gasteiger partial charge in [0.25, 0.3) is 0 Å². The molecule has 0 bridgehead atoms. The van der Waals surface area contributed by atoms with Crippen molar-refractivity contribution < 1.29 is 19.4 Å². The molecule has 0 unspecified atom stereocenters. The number of ether oxygens (including phenoxy) is 2. The second kappa shape index (κ2) is 10.6. The molecule has 0 amide bonds. The van der Waals surface area contributed by atoms with Crippen LogP contribution in [0.1, 0.15) is 28.4 Å². The number of thiocarbonyl (C=S) groups is 1. The third kappa shape index (κ3) is 6.21. The molecule has 3 N–H and O–H groups in total. The lowest BCUT2D eigenvalue weighted by Crippen LogP contribution is -2.31. The van der Waals surface area contributed by atoms with Crippen LogP contribution < -0.4 is 20.2 Å². The smallest absolute Gasteiger partial charge is 0.335 e. The third-order valence-electron chi connectivity index (χ3n) is 3.55. The summed E-state index contributed by atoms with van der Waals surface area (Å²) in [7, 11) is 1.55. The van der Waals surface area contributed by atoms with E-state index in [-0.39, 0.29) is 12.2 Å². The molecule has 0 aliphatic carbocycles. The second-order valence-corrected chi connectivity index (χ2v) is 6.82. The molecule has 148 valence electrons. The Morgan fingerprint density at radius 3 is 2.64 bits per heavy atom. The van der Waals surface area contributed by atoms with Crippen molar-refractivity contribution in [2.24, 2.45) is 5.10 Å². The molecular formula is C19H20BrN3O4S. The van der Waals surface area contributed by atoms with Crippen LogP contribution in [0.25, 0.3) is 0 Å². The number of hydrazone groups is 1. The predicted molar refractivity (Wildman–Crippen MR) is 115 cm³/mol. The van der Waals surface area contributed by atoms with Crippen molar-refractivity contribution in [3.05, 3.63) is 57.6 Å². The fraction of sp³-hybridized carbons (Fsp3) is 0.211. The van der Waals surface area contributed by atoms with Crippen molar-refractivity contribution in [1.82, 2.24) is 10.7 Å². The lowest BCUT2D eigenvalue weighted by molar-refractivity contribution is 0.0697. The van der Waals surface area contributed by atoms with Crippen LogP contribution in [0.3, 0.4) is 0 Å². The molecule has 0 aliphatic heterocycles. The second-order valence-electron chi connectivity index (χ2n) is 5.55. The quantitative estimate of drug-likeness (QED) is 0.311. The Hall–Kier alpha value is -2.65. The minimum Gasteiger partial charge on any atom is -0.493 e.